The van der Waals surface area contributed by atoms with Crippen molar-refractivity contribution in [2.24, 2.45) is 9.98 Å². The SMILES string of the molecule is Clc1cccc(CNC2=NCCN2)c1Cl.Fc1c(Cl)cccc1CNC1=NCCN1. The molecule has 10 heteroatoms. The van der Waals surface area contributed by atoms with Crippen molar-refractivity contribution in [1.29, 1.82) is 0 Å². The Morgan fingerprint density at radius 1 is 0.800 bits per heavy atom. The molecule has 160 valence electrons. The molecule has 2 heterocycles. The Labute approximate surface area is 189 Å². The van der Waals surface area contributed by atoms with Gasteiger partial charge in [0.05, 0.1) is 28.2 Å². The summed E-state index contributed by atoms with van der Waals surface area (Å²) in [4.78, 5) is 8.36. The van der Waals surface area contributed by atoms with Gasteiger partial charge in [-0.05, 0) is 17.7 Å². The van der Waals surface area contributed by atoms with Crippen molar-refractivity contribution in [3.8, 4) is 0 Å². The molecule has 0 saturated carbocycles. The first kappa shape index (κ1) is 22.5. The van der Waals surface area contributed by atoms with Gasteiger partial charge in [0.2, 0.25) is 0 Å². The molecule has 6 nitrogen and oxygen atoms in total. The Balaban J connectivity index is 0.000000171. The van der Waals surface area contributed by atoms with Crippen LogP contribution in [0.2, 0.25) is 15.1 Å². The third kappa shape index (κ3) is 6.39. The summed E-state index contributed by atoms with van der Waals surface area (Å²) in [6.45, 7) is 4.33. The fourth-order valence-corrected chi connectivity index (χ4v) is 3.34. The summed E-state index contributed by atoms with van der Waals surface area (Å²) in [5, 5.41) is 13.7. The average molecular weight is 472 g/mol. The topological polar surface area (TPSA) is 72.8 Å². The second-order valence-electron chi connectivity index (χ2n) is 6.45. The molecule has 0 aliphatic carbocycles. The van der Waals surface area contributed by atoms with Crippen LogP contribution in [0.25, 0.3) is 0 Å². The largest absolute Gasteiger partial charge is 0.355 e. The van der Waals surface area contributed by atoms with Crippen molar-refractivity contribution >= 4 is 46.7 Å². The van der Waals surface area contributed by atoms with Crippen LogP contribution in [0.1, 0.15) is 11.1 Å². The summed E-state index contributed by atoms with van der Waals surface area (Å²) in [6.07, 6.45) is 0. The molecule has 2 aliphatic rings. The lowest BCUT2D eigenvalue weighted by atomic mass is 10.2. The van der Waals surface area contributed by atoms with Crippen LogP contribution in [-0.4, -0.2) is 38.1 Å². The van der Waals surface area contributed by atoms with Crippen molar-refractivity contribution in [3.63, 3.8) is 0 Å². The molecule has 4 rings (SSSR count). The van der Waals surface area contributed by atoms with E-state index < -0.39 is 0 Å². The Morgan fingerprint density at radius 2 is 1.33 bits per heavy atom. The van der Waals surface area contributed by atoms with Gasteiger partial charge in [-0.2, -0.15) is 0 Å². The number of benzene rings is 2. The van der Waals surface area contributed by atoms with Gasteiger partial charge in [-0.3, -0.25) is 9.98 Å². The van der Waals surface area contributed by atoms with E-state index in [-0.39, 0.29) is 10.8 Å². The minimum Gasteiger partial charge on any atom is -0.355 e. The van der Waals surface area contributed by atoms with Crippen LogP contribution in [0.15, 0.2) is 46.4 Å². The average Bonchev–Trinajstić information content (AvgIpc) is 3.45. The van der Waals surface area contributed by atoms with Crippen molar-refractivity contribution in [2.75, 3.05) is 26.2 Å². The number of halogens is 4. The molecule has 2 aromatic rings. The third-order valence-corrected chi connectivity index (χ3v) is 5.45. The smallest absolute Gasteiger partial charge is 0.191 e. The Bertz CT molecular complexity index is 859. The summed E-state index contributed by atoms with van der Waals surface area (Å²) in [5.74, 6) is 1.17. The summed E-state index contributed by atoms with van der Waals surface area (Å²) in [6, 6.07) is 10.6. The van der Waals surface area contributed by atoms with Gasteiger partial charge in [0.1, 0.15) is 5.82 Å². The van der Waals surface area contributed by atoms with Gasteiger partial charge in [-0.25, -0.2) is 4.39 Å². The van der Waals surface area contributed by atoms with Gasteiger partial charge in [0.25, 0.3) is 0 Å². The van der Waals surface area contributed by atoms with E-state index in [2.05, 4.69) is 31.3 Å². The highest BCUT2D eigenvalue weighted by atomic mass is 35.5. The molecule has 2 aliphatic heterocycles. The van der Waals surface area contributed by atoms with Gasteiger partial charge >= 0.3 is 0 Å². The molecule has 0 spiro atoms. The molecule has 0 atom stereocenters. The van der Waals surface area contributed by atoms with Gasteiger partial charge in [0, 0.05) is 31.7 Å². The van der Waals surface area contributed by atoms with Gasteiger partial charge in [-0.1, -0.05) is 59.1 Å². The lowest BCUT2D eigenvalue weighted by molar-refractivity contribution is 0.606. The van der Waals surface area contributed by atoms with Gasteiger partial charge in [-0.15, -0.1) is 0 Å². The molecule has 0 saturated heterocycles. The maximum atomic E-state index is 13.4. The third-order valence-electron chi connectivity index (χ3n) is 4.30. The molecule has 30 heavy (non-hydrogen) atoms. The van der Waals surface area contributed by atoms with Crippen molar-refractivity contribution in [1.82, 2.24) is 21.3 Å². The minimum absolute atomic E-state index is 0.149. The predicted octanol–water partition coefficient (Wildman–Crippen LogP) is 3.57. The van der Waals surface area contributed by atoms with Crippen molar-refractivity contribution in [2.45, 2.75) is 13.1 Å². The summed E-state index contributed by atoms with van der Waals surface area (Å²) >= 11 is 17.6. The number of rotatable bonds is 4. The fourth-order valence-electron chi connectivity index (χ4n) is 2.76. The van der Waals surface area contributed by atoms with E-state index in [4.69, 9.17) is 34.8 Å². The first-order valence-corrected chi connectivity index (χ1v) is 10.6. The van der Waals surface area contributed by atoms with Crippen molar-refractivity contribution < 1.29 is 4.39 Å². The number of hydrogen-bond acceptors (Lipinski definition) is 6. The maximum Gasteiger partial charge on any atom is 0.191 e. The number of aliphatic imine (C=N–C) groups is 2. The van der Waals surface area contributed by atoms with E-state index >= 15 is 0 Å². The Hall–Kier alpha value is -2.22. The molecule has 0 radical (unpaired) electrons. The summed E-state index contributed by atoms with van der Waals surface area (Å²) < 4.78 is 13.4. The van der Waals surface area contributed by atoms with E-state index in [9.17, 15) is 4.39 Å². The van der Waals surface area contributed by atoms with Crippen LogP contribution in [0.5, 0.6) is 0 Å². The van der Waals surface area contributed by atoms with Crippen LogP contribution in [0.4, 0.5) is 4.39 Å². The standard InChI is InChI=1S/C10H11Cl2N3.C10H11ClFN3/c2*11-8-3-1-2-7(9(8)12)6-15-10-13-4-5-14-10/h2*1-3H,4-6H2,(H2,13,14,15). The molecule has 0 unspecified atom stereocenters. The zero-order valence-corrected chi connectivity index (χ0v) is 18.4. The highest BCUT2D eigenvalue weighted by Crippen LogP contribution is 2.25. The minimum atomic E-state index is -0.370. The van der Waals surface area contributed by atoms with Gasteiger partial charge in [0.15, 0.2) is 11.9 Å². The lowest BCUT2D eigenvalue weighted by Crippen LogP contribution is -2.33. The zero-order valence-electron chi connectivity index (χ0n) is 16.1. The monoisotopic (exact) mass is 470 g/mol. The molecular formula is C20H22Cl3FN6. The first-order chi connectivity index (χ1) is 14.5. The number of nitrogens with zero attached hydrogens (tertiary/aromatic N) is 2. The normalized spacial score (nSPS) is 14.7. The lowest BCUT2D eigenvalue weighted by Gasteiger charge is -2.08. The van der Waals surface area contributed by atoms with E-state index in [1.807, 2.05) is 12.1 Å². The van der Waals surface area contributed by atoms with Crippen LogP contribution in [0, 0.1) is 5.82 Å². The van der Waals surface area contributed by atoms with E-state index in [0.717, 1.165) is 43.7 Å². The number of hydrogen-bond donors (Lipinski definition) is 4. The Kier molecular flexibility index (Phi) is 8.42. The second kappa shape index (κ2) is 11.2. The summed E-state index contributed by atoms with van der Waals surface area (Å²) in [7, 11) is 0. The van der Waals surface area contributed by atoms with Crippen molar-refractivity contribution in [3.05, 3.63) is 68.4 Å². The molecule has 2 aromatic carbocycles. The molecule has 0 bridgehead atoms. The van der Waals surface area contributed by atoms with Crippen LogP contribution >= 0.6 is 34.8 Å². The first-order valence-electron chi connectivity index (χ1n) is 9.44. The molecule has 4 N–H and O–H groups in total. The molecule has 0 fully saturated rings. The predicted molar refractivity (Wildman–Crippen MR) is 122 cm³/mol. The highest BCUT2D eigenvalue weighted by molar-refractivity contribution is 6.42. The number of guanidine groups is 2. The molecular weight excluding hydrogens is 450 g/mol. The maximum absolute atomic E-state index is 13.4. The Morgan fingerprint density at radius 3 is 1.90 bits per heavy atom. The van der Waals surface area contributed by atoms with E-state index in [1.54, 1.807) is 18.2 Å². The highest BCUT2D eigenvalue weighted by Gasteiger charge is 2.09. The van der Waals surface area contributed by atoms with Gasteiger partial charge < -0.3 is 21.3 Å². The molecule has 0 aromatic heterocycles. The van der Waals surface area contributed by atoms with E-state index in [1.165, 1.54) is 6.07 Å². The van der Waals surface area contributed by atoms with Crippen LogP contribution < -0.4 is 21.3 Å². The fraction of sp³-hybridized carbons (Fsp3) is 0.300. The van der Waals surface area contributed by atoms with E-state index in [0.29, 0.717) is 28.7 Å². The van der Waals surface area contributed by atoms with Crippen LogP contribution in [-0.2, 0) is 13.1 Å². The zero-order chi connectivity index (χ0) is 21.3. The van der Waals surface area contributed by atoms with Crippen LogP contribution in [0.3, 0.4) is 0 Å². The quantitative estimate of drug-likeness (QED) is 0.550. The molecule has 0 amide bonds. The number of nitrogens with one attached hydrogen (secondary N) is 4. The summed E-state index contributed by atoms with van der Waals surface area (Å²) in [5.41, 5.74) is 1.51. The second-order valence-corrected chi connectivity index (χ2v) is 7.64.